The lowest BCUT2D eigenvalue weighted by Crippen LogP contribution is -2.17. The van der Waals surface area contributed by atoms with Crippen molar-refractivity contribution in [1.82, 2.24) is 4.98 Å². The molecule has 106 valence electrons. The molecule has 1 atom stereocenters. The van der Waals surface area contributed by atoms with Crippen LogP contribution in [0.15, 0.2) is 30.5 Å². The molecule has 4 heteroatoms. The van der Waals surface area contributed by atoms with E-state index < -0.39 is 0 Å². The average molecular weight is 291 g/mol. The van der Waals surface area contributed by atoms with Gasteiger partial charge >= 0.3 is 0 Å². The Morgan fingerprint density at radius 2 is 2.00 bits per heavy atom. The van der Waals surface area contributed by atoms with Crippen molar-refractivity contribution in [1.29, 1.82) is 0 Å². The largest absolute Gasteiger partial charge is 0.438 e. The number of ether oxygens (including phenoxy) is 1. The van der Waals surface area contributed by atoms with E-state index >= 15 is 0 Å². The molecule has 0 bridgehead atoms. The van der Waals surface area contributed by atoms with Crippen LogP contribution in [0.2, 0.25) is 5.02 Å². The molecule has 0 amide bonds. The fourth-order valence-electron chi connectivity index (χ4n) is 2.04. The number of nitrogens with zero attached hydrogens (tertiary/aromatic N) is 1. The topological polar surface area (TPSA) is 48.1 Å². The van der Waals surface area contributed by atoms with Gasteiger partial charge in [0.2, 0.25) is 5.88 Å². The Kier molecular flexibility index (Phi) is 4.63. The normalized spacial score (nSPS) is 12.2. The summed E-state index contributed by atoms with van der Waals surface area (Å²) in [6.45, 7) is 5.93. The Morgan fingerprint density at radius 1 is 1.25 bits per heavy atom. The predicted octanol–water partition coefficient (Wildman–Crippen LogP) is 4.03. The van der Waals surface area contributed by atoms with E-state index in [0.717, 1.165) is 28.9 Å². The minimum atomic E-state index is 0.126. The summed E-state index contributed by atoms with van der Waals surface area (Å²) in [5.41, 5.74) is 8.90. The zero-order valence-electron chi connectivity index (χ0n) is 12.0. The fraction of sp³-hybridized carbons (Fsp3) is 0.312. The number of hydrogen-bond acceptors (Lipinski definition) is 3. The second-order valence-corrected chi connectivity index (χ2v) is 5.60. The van der Waals surface area contributed by atoms with Gasteiger partial charge < -0.3 is 10.5 Å². The van der Waals surface area contributed by atoms with Crippen molar-refractivity contribution >= 4 is 11.6 Å². The van der Waals surface area contributed by atoms with Crippen molar-refractivity contribution in [3.63, 3.8) is 0 Å². The van der Waals surface area contributed by atoms with Crippen molar-refractivity contribution in [2.24, 2.45) is 5.73 Å². The minimum Gasteiger partial charge on any atom is -0.438 e. The SMILES string of the molecule is Cc1cc(Cl)ccc1Oc1ncc(CC(C)N)cc1C. The van der Waals surface area contributed by atoms with E-state index in [-0.39, 0.29) is 6.04 Å². The zero-order valence-corrected chi connectivity index (χ0v) is 12.7. The van der Waals surface area contributed by atoms with E-state index in [4.69, 9.17) is 22.1 Å². The first kappa shape index (κ1) is 14.8. The van der Waals surface area contributed by atoms with E-state index in [1.165, 1.54) is 0 Å². The zero-order chi connectivity index (χ0) is 14.7. The highest BCUT2D eigenvalue weighted by molar-refractivity contribution is 6.30. The second kappa shape index (κ2) is 6.25. The van der Waals surface area contributed by atoms with Gasteiger partial charge in [-0.3, -0.25) is 0 Å². The number of aryl methyl sites for hydroxylation is 2. The number of hydrogen-bond donors (Lipinski definition) is 1. The van der Waals surface area contributed by atoms with Crippen LogP contribution in [0.3, 0.4) is 0 Å². The third-order valence-corrected chi connectivity index (χ3v) is 3.22. The molecule has 1 aromatic heterocycles. The third kappa shape index (κ3) is 3.71. The standard InChI is InChI=1S/C16H19ClN2O/c1-10-7-14(17)4-5-15(10)20-16-11(2)6-13(9-19-16)8-12(3)18/h4-7,9,12H,8,18H2,1-3H3. The highest BCUT2D eigenvalue weighted by atomic mass is 35.5. The number of nitrogens with two attached hydrogens (primary N) is 1. The molecule has 0 aliphatic heterocycles. The number of halogens is 1. The molecule has 0 spiro atoms. The molecule has 20 heavy (non-hydrogen) atoms. The van der Waals surface area contributed by atoms with Crippen molar-refractivity contribution in [2.75, 3.05) is 0 Å². The van der Waals surface area contributed by atoms with Gasteiger partial charge in [-0.1, -0.05) is 11.6 Å². The maximum absolute atomic E-state index is 5.94. The fourth-order valence-corrected chi connectivity index (χ4v) is 2.27. The van der Waals surface area contributed by atoms with Gasteiger partial charge in [-0.25, -0.2) is 4.98 Å². The van der Waals surface area contributed by atoms with Gasteiger partial charge in [0, 0.05) is 22.8 Å². The molecular weight excluding hydrogens is 272 g/mol. The Bertz CT molecular complexity index is 611. The maximum atomic E-state index is 5.94. The van der Waals surface area contributed by atoms with E-state index in [2.05, 4.69) is 11.1 Å². The Morgan fingerprint density at radius 3 is 2.60 bits per heavy atom. The highest BCUT2D eigenvalue weighted by Crippen LogP contribution is 2.28. The summed E-state index contributed by atoms with van der Waals surface area (Å²) < 4.78 is 5.85. The number of aromatic nitrogens is 1. The van der Waals surface area contributed by atoms with Crippen molar-refractivity contribution < 1.29 is 4.74 Å². The number of benzene rings is 1. The van der Waals surface area contributed by atoms with Gasteiger partial charge in [0.15, 0.2) is 0 Å². The molecule has 2 N–H and O–H groups in total. The first-order valence-corrected chi connectivity index (χ1v) is 6.98. The summed E-state index contributed by atoms with van der Waals surface area (Å²) in [7, 11) is 0. The molecule has 1 unspecified atom stereocenters. The number of rotatable bonds is 4. The van der Waals surface area contributed by atoms with Crippen molar-refractivity contribution in [3.8, 4) is 11.6 Å². The molecule has 0 fully saturated rings. The molecule has 1 aromatic carbocycles. The highest BCUT2D eigenvalue weighted by Gasteiger charge is 2.08. The summed E-state index contributed by atoms with van der Waals surface area (Å²) in [5, 5.41) is 0.701. The lowest BCUT2D eigenvalue weighted by atomic mass is 10.1. The lowest BCUT2D eigenvalue weighted by Gasteiger charge is -2.12. The smallest absolute Gasteiger partial charge is 0.222 e. The molecule has 1 heterocycles. The first-order valence-electron chi connectivity index (χ1n) is 6.61. The molecule has 3 nitrogen and oxygen atoms in total. The molecule has 0 aliphatic rings. The van der Waals surface area contributed by atoms with Gasteiger partial charge in [0.1, 0.15) is 5.75 Å². The van der Waals surface area contributed by atoms with Crippen LogP contribution in [0.5, 0.6) is 11.6 Å². The van der Waals surface area contributed by atoms with Crippen LogP contribution in [0.25, 0.3) is 0 Å². The summed E-state index contributed by atoms with van der Waals surface area (Å²) in [4.78, 5) is 4.38. The lowest BCUT2D eigenvalue weighted by molar-refractivity contribution is 0.455. The molecule has 2 aromatic rings. The van der Waals surface area contributed by atoms with Crippen molar-refractivity contribution in [3.05, 3.63) is 52.2 Å². The minimum absolute atomic E-state index is 0.126. The molecular formula is C16H19ClN2O. The van der Waals surface area contributed by atoms with Crippen LogP contribution in [0.4, 0.5) is 0 Å². The Labute approximate surface area is 124 Å². The molecule has 0 radical (unpaired) electrons. The quantitative estimate of drug-likeness (QED) is 0.924. The van der Waals surface area contributed by atoms with Crippen LogP contribution in [-0.2, 0) is 6.42 Å². The third-order valence-electron chi connectivity index (χ3n) is 2.99. The van der Waals surface area contributed by atoms with Crippen LogP contribution in [-0.4, -0.2) is 11.0 Å². The van der Waals surface area contributed by atoms with Gasteiger partial charge in [-0.05, 0) is 62.6 Å². The molecule has 0 saturated carbocycles. The van der Waals surface area contributed by atoms with Crippen LogP contribution >= 0.6 is 11.6 Å². The van der Waals surface area contributed by atoms with Crippen LogP contribution < -0.4 is 10.5 Å². The van der Waals surface area contributed by atoms with E-state index in [1.54, 1.807) is 0 Å². The van der Waals surface area contributed by atoms with E-state index in [9.17, 15) is 0 Å². The average Bonchev–Trinajstić information content (AvgIpc) is 2.34. The molecule has 2 rings (SSSR count). The van der Waals surface area contributed by atoms with Gasteiger partial charge in [-0.2, -0.15) is 0 Å². The first-order chi connectivity index (χ1) is 9.45. The summed E-state index contributed by atoms with van der Waals surface area (Å²) >= 11 is 5.94. The predicted molar refractivity (Wildman–Crippen MR) is 82.6 cm³/mol. The molecule has 0 saturated heterocycles. The van der Waals surface area contributed by atoms with Gasteiger partial charge in [0.25, 0.3) is 0 Å². The van der Waals surface area contributed by atoms with Crippen LogP contribution in [0, 0.1) is 13.8 Å². The van der Waals surface area contributed by atoms with E-state index in [1.807, 2.05) is 45.2 Å². The number of pyridine rings is 1. The molecule has 0 aliphatic carbocycles. The van der Waals surface area contributed by atoms with Gasteiger partial charge in [-0.15, -0.1) is 0 Å². The van der Waals surface area contributed by atoms with Crippen LogP contribution in [0.1, 0.15) is 23.6 Å². The summed E-state index contributed by atoms with van der Waals surface area (Å²) in [6, 6.07) is 7.73. The Hall–Kier alpha value is -1.58. The Balaban J connectivity index is 2.21. The van der Waals surface area contributed by atoms with Gasteiger partial charge in [0.05, 0.1) is 0 Å². The summed E-state index contributed by atoms with van der Waals surface area (Å²) in [6.07, 6.45) is 2.63. The maximum Gasteiger partial charge on any atom is 0.222 e. The van der Waals surface area contributed by atoms with E-state index in [0.29, 0.717) is 10.9 Å². The monoisotopic (exact) mass is 290 g/mol. The second-order valence-electron chi connectivity index (χ2n) is 5.16. The summed E-state index contributed by atoms with van der Waals surface area (Å²) in [5.74, 6) is 1.38. The van der Waals surface area contributed by atoms with Crippen molar-refractivity contribution in [2.45, 2.75) is 33.2 Å².